The van der Waals surface area contributed by atoms with Crippen molar-refractivity contribution in [3.8, 4) is 11.6 Å². The van der Waals surface area contributed by atoms with Gasteiger partial charge in [-0.2, -0.15) is 0 Å². The SMILES string of the molecule is Cc1[nH]c(-c2nnc(CCN)o2)c(C)c1C(=O)C1=CC=CC(Br)=CC1. The number of halogens is 1. The van der Waals surface area contributed by atoms with Crippen LogP contribution in [0.3, 0.4) is 0 Å². The van der Waals surface area contributed by atoms with Crippen molar-refractivity contribution in [3.05, 3.63) is 57.1 Å². The first-order valence-corrected chi connectivity index (χ1v) is 8.80. The zero-order valence-electron chi connectivity index (χ0n) is 14.1. The van der Waals surface area contributed by atoms with E-state index in [1.54, 1.807) is 0 Å². The molecule has 1 aliphatic rings. The fourth-order valence-corrected chi connectivity index (χ4v) is 3.13. The first-order chi connectivity index (χ1) is 12.0. The molecule has 0 saturated carbocycles. The molecule has 0 bridgehead atoms. The third-order valence-corrected chi connectivity index (χ3v) is 4.65. The molecule has 25 heavy (non-hydrogen) atoms. The van der Waals surface area contributed by atoms with E-state index >= 15 is 0 Å². The van der Waals surface area contributed by atoms with Gasteiger partial charge in [-0.25, -0.2) is 0 Å². The number of hydrogen-bond acceptors (Lipinski definition) is 5. The van der Waals surface area contributed by atoms with Gasteiger partial charge in [0.05, 0.1) is 0 Å². The molecule has 1 aliphatic carbocycles. The number of nitrogens with two attached hydrogens (primary N) is 1. The average Bonchev–Trinajstić information content (AvgIpc) is 3.07. The molecule has 0 aliphatic heterocycles. The molecule has 3 N–H and O–H groups in total. The lowest BCUT2D eigenvalue weighted by Gasteiger charge is -2.04. The van der Waals surface area contributed by atoms with E-state index in [0.29, 0.717) is 42.4 Å². The minimum atomic E-state index is 0.00213. The lowest BCUT2D eigenvalue weighted by Crippen LogP contribution is -2.05. The number of rotatable bonds is 5. The highest BCUT2D eigenvalue weighted by molar-refractivity contribution is 9.11. The third-order valence-electron chi connectivity index (χ3n) is 4.06. The number of carbonyl (C=O) groups is 1. The molecule has 0 saturated heterocycles. The van der Waals surface area contributed by atoms with Crippen LogP contribution >= 0.6 is 15.9 Å². The largest absolute Gasteiger partial charge is 0.419 e. The molecule has 0 amide bonds. The summed E-state index contributed by atoms with van der Waals surface area (Å²) in [6.45, 7) is 4.20. The van der Waals surface area contributed by atoms with Crippen LogP contribution in [0.25, 0.3) is 11.6 Å². The second-order valence-corrected chi connectivity index (χ2v) is 6.75. The smallest absolute Gasteiger partial charge is 0.264 e. The fraction of sp³-hybridized carbons (Fsp3) is 0.278. The Morgan fingerprint density at radius 2 is 2.20 bits per heavy atom. The van der Waals surface area contributed by atoms with Gasteiger partial charge >= 0.3 is 0 Å². The minimum Gasteiger partial charge on any atom is -0.419 e. The zero-order chi connectivity index (χ0) is 18.0. The number of aromatic nitrogens is 3. The Labute approximate surface area is 154 Å². The lowest BCUT2D eigenvalue weighted by molar-refractivity contribution is 0.103. The van der Waals surface area contributed by atoms with E-state index in [4.69, 9.17) is 10.2 Å². The second kappa shape index (κ2) is 7.33. The zero-order valence-corrected chi connectivity index (χ0v) is 15.7. The minimum absolute atomic E-state index is 0.00213. The average molecular weight is 403 g/mol. The van der Waals surface area contributed by atoms with Gasteiger partial charge in [0, 0.05) is 34.3 Å². The highest BCUT2D eigenvalue weighted by atomic mass is 79.9. The van der Waals surface area contributed by atoms with Crippen molar-refractivity contribution in [1.29, 1.82) is 0 Å². The van der Waals surface area contributed by atoms with Crippen LogP contribution in [0.2, 0.25) is 0 Å². The van der Waals surface area contributed by atoms with Crippen LogP contribution in [-0.4, -0.2) is 27.5 Å². The summed E-state index contributed by atoms with van der Waals surface area (Å²) in [6, 6.07) is 0. The number of ketones is 1. The lowest BCUT2D eigenvalue weighted by atomic mass is 9.97. The Kier molecular flexibility index (Phi) is 5.15. The highest BCUT2D eigenvalue weighted by Gasteiger charge is 2.24. The summed E-state index contributed by atoms with van der Waals surface area (Å²) in [4.78, 5) is 16.2. The van der Waals surface area contributed by atoms with Gasteiger partial charge in [0.1, 0.15) is 5.69 Å². The normalized spacial score (nSPS) is 14.2. The highest BCUT2D eigenvalue weighted by Crippen LogP contribution is 2.29. The van der Waals surface area contributed by atoms with E-state index in [1.165, 1.54) is 0 Å². The van der Waals surface area contributed by atoms with Gasteiger partial charge < -0.3 is 15.1 Å². The van der Waals surface area contributed by atoms with Crippen LogP contribution in [0, 0.1) is 13.8 Å². The number of carbonyl (C=O) groups excluding carboxylic acids is 1. The Morgan fingerprint density at radius 3 is 2.96 bits per heavy atom. The van der Waals surface area contributed by atoms with Gasteiger partial charge in [-0.05, 0) is 31.9 Å². The van der Waals surface area contributed by atoms with Gasteiger partial charge in [-0.3, -0.25) is 4.79 Å². The monoisotopic (exact) mass is 402 g/mol. The first-order valence-electron chi connectivity index (χ1n) is 8.00. The fourth-order valence-electron chi connectivity index (χ4n) is 2.81. The molecular weight excluding hydrogens is 384 g/mol. The Morgan fingerprint density at radius 1 is 1.40 bits per heavy atom. The van der Waals surface area contributed by atoms with Gasteiger partial charge in [0.15, 0.2) is 5.78 Å². The van der Waals surface area contributed by atoms with Crippen molar-refractivity contribution in [3.63, 3.8) is 0 Å². The van der Waals surface area contributed by atoms with Crippen LogP contribution in [0.5, 0.6) is 0 Å². The van der Waals surface area contributed by atoms with E-state index in [9.17, 15) is 4.79 Å². The third kappa shape index (κ3) is 3.57. The first kappa shape index (κ1) is 17.6. The summed E-state index contributed by atoms with van der Waals surface area (Å²) in [6.07, 6.45) is 8.72. The van der Waals surface area contributed by atoms with Crippen molar-refractivity contribution in [1.82, 2.24) is 15.2 Å². The number of aromatic amines is 1. The number of H-pyrrole nitrogens is 1. The number of Topliss-reactive ketones (excluding diaryl/α,β-unsaturated/α-hetero) is 1. The molecule has 0 radical (unpaired) electrons. The number of nitrogens with one attached hydrogen (secondary N) is 1. The van der Waals surface area contributed by atoms with Gasteiger partial charge in [0.25, 0.3) is 5.89 Å². The molecular formula is C18H19BrN4O2. The Hall–Kier alpha value is -2.25. The Bertz CT molecular complexity index is 900. The molecule has 0 fully saturated rings. The number of allylic oxidation sites excluding steroid dienone is 6. The summed E-state index contributed by atoms with van der Waals surface area (Å²) in [5.41, 5.74) is 9.17. The molecule has 0 unspecified atom stereocenters. The molecule has 0 spiro atoms. The molecule has 2 aromatic heterocycles. The van der Waals surface area contributed by atoms with Crippen LogP contribution in [0.1, 0.15) is 33.9 Å². The quantitative estimate of drug-likeness (QED) is 0.745. The summed E-state index contributed by atoms with van der Waals surface area (Å²) in [5, 5.41) is 8.04. The number of hydrogen-bond donors (Lipinski definition) is 2. The molecule has 6 nitrogen and oxygen atoms in total. The topological polar surface area (TPSA) is 97.8 Å². The van der Waals surface area contributed by atoms with E-state index in [2.05, 4.69) is 31.1 Å². The van der Waals surface area contributed by atoms with Crippen molar-refractivity contribution in [2.24, 2.45) is 5.73 Å². The van der Waals surface area contributed by atoms with Gasteiger partial charge in [-0.15, -0.1) is 10.2 Å². The van der Waals surface area contributed by atoms with Crippen molar-refractivity contribution in [2.45, 2.75) is 26.7 Å². The molecule has 2 aromatic rings. The second-order valence-electron chi connectivity index (χ2n) is 5.84. The van der Waals surface area contributed by atoms with Crippen LogP contribution in [0.4, 0.5) is 0 Å². The summed E-state index contributed by atoms with van der Waals surface area (Å²) in [5.74, 6) is 0.867. The maximum absolute atomic E-state index is 13.0. The number of nitrogens with zero attached hydrogens (tertiary/aromatic N) is 2. The predicted octanol–water partition coefficient (Wildman–Crippen LogP) is 3.53. The van der Waals surface area contributed by atoms with Crippen molar-refractivity contribution in [2.75, 3.05) is 6.54 Å². The summed E-state index contributed by atoms with van der Waals surface area (Å²) < 4.78 is 6.60. The molecule has 3 rings (SSSR count). The Balaban J connectivity index is 1.95. The summed E-state index contributed by atoms with van der Waals surface area (Å²) in [7, 11) is 0. The molecule has 0 aromatic carbocycles. The van der Waals surface area contributed by atoms with Crippen LogP contribution < -0.4 is 5.73 Å². The van der Waals surface area contributed by atoms with Crippen molar-refractivity contribution < 1.29 is 9.21 Å². The standard InChI is InChI=1S/C18H19BrN4O2/c1-10-15(17(24)12-4-3-5-13(19)7-6-12)11(2)21-16(10)18-23-22-14(25-18)8-9-20/h3-5,7,21H,6,8-9,20H2,1-2H3. The maximum atomic E-state index is 13.0. The molecule has 2 heterocycles. The van der Waals surface area contributed by atoms with E-state index in [-0.39, 0.29) is 5.78 Å². The van der Waals surface area contributed by atoms with Crippen LogP contribution in [0.15, 0.2) is 38.8 Å². The molecule has 130 valence electrons. The summed E-state index contributed by atoms with van der Waals surface area (Å²) >= 11 is 3.44. The number of aryl methyl sites for hydroxylation is 1. The van der Waals surface area contributed by atoms with Crippen molar-refractivity contribution >= 4 is 21.7 Å². The van der Waals surface area contributed by atoms with Crippen LogP contribution in [-0.2, 0) is 6.42 Å². The van der Waals surface area contributed by atoms with E-state index in [0.717, 1.165) is 21.3 Å². The van der Waals surface area contributed by atoms with E-state index in [1.807, 2.05) is 38.2 Å². The van der Waals surface area contributed by atoms with Gasteiger partial charge in [-0.1, -0.05) is 34.2 Å². The maximum Gasteiger partial charge on any atom is 0.264 e. The van der Waals surface area contributed by atoms with Gasteiger partial charge in [0.2, 0.25) is 5.89 Å². The molecule has 7 heteroatoms. The van der Waals surface area contributed by atoms with E-state index < -0.39 is 0 Å². The molecule has 0 atom stereocenters. The predicted molar refractivity (Wildman–Crippen MR) is 99.5 cm³/mol.